The first kappa shape index (κ1) is 12.3. The van der Waals surface area contributed by atoms with E-state index in [4.69, 9.17) is 5.73 Å². The molecule has 0 atom stereocenters. The monoisotopic (exact) mass is 287 g/mol. The van der Waals surface area contributed by atoms with Gasteiger partial charge >= 0.3 is 0 Å². The minimum absolute atomic E-state index is 0.252. The maximum absolute atomic E-state index is 12.0. The van der Waals surface area contributed by atoms with Crippen molar-refractivity contribution < 1.29 is 8.42 Å². The van der Waals surface area contributed by atoms with Crippen LogP contribution in [0.25, 0.3) is 0 Å². The maximum atomic E-state index is 12.0. The molecule has 17 heavy (non-hydrogen) atoms. The van der Waals surface area contributed by atoms with Gasteiger partial charge in [0, 0.05) is 10.8 Å². The van der Waals surface area contributed by atoms with Gasteiger partial charge < -0.3 is 5.73 Å². The molecule has 0 saturated heterocycles. The minimum atomic E-state index is -3.45. The van der Waals surface area contributed by atoms with Crippen LogP contribution in [0, 0.1) is 6.92 Å². The lowest BCUT2D eigenvalue weighted by atomic mass is 10.2. The smallest absolute Gasteiger partial charge is 0.236 e. The van der Waals surface area contributed by atoms with E-state index in [1.165, 1.54) is 0 Å². The number of anilines is 1. The third-order valence-electron chi connectivity index (χ3n) is 1.91. The van der Waals surface area contributed by atoms with E-state index >= 15 is 0 Å². The highest BCUT2D eigenvalue weighted by atomic mass is 33.1. The normalized spacial score (nSPS) is 11.6. The third kappa shape index (κ3) is 2.96. The molecule has 8 heteroatoms. The summed E-state index contributed by atoms with van der Waals surface area (Å²) >= 11 is 1.05. The molecule has 2 aromatic rings. The Morgan fingerprint density at radius 2 is 1.88 bits per heavy atom. The van der Waals surface area contributed by atoms with Crippen LogP contribution in [0.2, 0.25) is 0 Å². The van der Waals surface area contributed by atoms with Crippen LogP contribution in [0.1, 0.15) is 5.56 Å². The molecule has 0 fully saturated rings. The van der Waals surface area contributed by atoms with Gasteiger partial charge in [-0.2, -0.15) is 0 Å². The lowest BCUT2D eigenvalue weighted by Crippen LogP contribution is -1.94. The van der Waals surface area contributed by atoms with Gasteiger partial charge in [-0.1, -0.05) is 29.0 Å². The zero-order valence-corrected chi connectivity index (χ0v) is 11.3. The predicted molar refractivity (Wildman–Crippen MR) is 68.5 cm³/mol. The lowest BCUT2D eigenvalue weighted by Gasteiger charge is -2.01. The SMILES string of the molecule is Cc1ccc(S(=O)(=O)Sc2nnc(N)s2)cc1. The highest BCUT2D eigenvalue weighted by molar-refractivity contribution is 8.72. The van der Waals surface area contributed by atoms with Crippen LogP contribution in [0.3, 0.4) is 0 Å². The number of nitrogens with zero attached hydrogens (tertiary/aromatic N) is 2. The van der Waals surface area contributed by atoms with Crippen LogP contribution >= 0.6 is 22.1 Å². The van der Waals surface area contributed by atoms with E-state index in [0.717, 1.165) is 16.9 Å². The minimum Gasteiger partial charge on any atom is -0.374 e. The summed E-state index contributed by atoms with van der Waals surface area (Å²) in [7, 11) is -2.78. The molecule has 0 aliphatic rings. The van der Waals surface area contributed by atoms with Gasteiger partial charge in [0.2, 0.25) is 14.0 Å². The molecule has 90 valence electrons. The number of nitrogens with two attached hydrogens (primary N) is 1. The van der Waals surface area contributed by atoms with Crippen molar-refractivity contribution in [2.45, 2.75) is 16.2 Å². The molecule has 0 saturated carbocycles. The summed E-state index contributed by atoms with van der Waals surface area (Å²) in [5, 5.41) is 7.50. The van der Waals surface area contributed by atoms with Gasteiger partial charge in [-0.05, 0) is 19.1 Å². The maximum Gasteiger partial charge on any atom is 0.236 e. The van der Waals surface area contributed by atoms with Crippen LogP contribution in [-0.4, -0.2) is 18.6 Å². The summed E-state index contributed by atoms with van der Waals surface area (Å²) in [4.78, 5) is 0.252. The summed E-state index contributed by atoms with van der Waals surface area (Å²) in [6.07, 6.45) is 0. The van der Waals surface area contributed by atoms with E-state index in [9.17, 15) is 8.42 Å². The Morgan fingerprint density at radius 3 is 2.41 bits per heavy atom. The zero-order valence-electron chi connectivity index (χ0n) is 8.82. The molecule has 2 rings (SSSR count). The molecule has 5 nitrogen and oxygen atoms in total. The van der Waals surface area contributed by atoms with Crippen LogP contribution in [0.5, 0.6) is 0 Å². The molecule has 0 spiro atoms. The van der Waals surface area contributed by atoms with E-state index in [-0.39, 0.29) is 10.0 Å². The molecule has 0 unspecified atom stereocenters. The molecule has 2 N–H and O–H groups in total. The summed E-state index contributed by atoms with van der Waals surface area (Å²) in [6, 6.07) is 6.65. The van der Waals surface area contributed by atoms with Gasteiger partial charge in [0.05, 0.1) is 4.90 Å². The average Bonchev–Trinajstić information content (AvgIpc) is 2.63. The van der Waals surface area contributed by atoms with Gasteiger partial charge in [0.1, 0.15) is 0 Å². The molecule has 1 aromatic heterocycles. The van der Waals surface area contributed by atoms with E-state index in [1.54, 1.807) is 24.3 Å². The Labute approximate surface area is 106 Å². The largest absolute Gasteiger partial charge is 0.374 e. The molecular weight excluding hydrogens is 278 g/mol. The van der Waals surface area contributed by atoms with Crippen LogP contribution < -0.4 is 5.73 Å². The van der Waals surface area contributed by atoms with Crippen molar-refractivity contribution in [3.05, 3.63) is 29.8 Å². The van der Waals surface area contributed by atoms with Gasteiger partial charge in [0.15, 0.2) is 4.34 Å². The number of nitrogen functional groups attached to an aromatic ring is 1. The second-order valence-corrected chi connectivity index (χ2v) is 8.27. The highest BCUT2D eigenvalue weighted by Crippen LogP contribution is 2.33. The van der Waals surface area contributed by atoms with Crippen molar-refractivity contribution in [1.29, 1.82) is 0 Å². The quantitative estimate of drug-likeness (QED) is 0.868. The Balaban J connectivity index is 2.28. The Kier molecular flexibility index (Phi) is 3.36. The number of rotatable bonds is 3. The summed E-state index contributed by atoms with van der Waals surface area (Å²) < 4.78 is 24.3. The molecule has 0 bridgehead atoms. The Hall–Kier alpha value is -1.12. The van der Waals surface area contributed by atoms with Crippen molar-refractivity contribution >= 4 is 36.1 Å². The van der Waals surface area contributed by atoms with Gasteiger partial charge in [-0.15, -0.1) is 10.2 Å². The van der Waals surface area contributed by atoms with Crippen molar-refractivity contribution in [3.63, 3.8) is 0 Å². The van der Waals surface area contributed by atoms with Crippen molar-refractivity contribution in [2.24, 2.45) is 0 Å². The van der Waals surface area contributed by atoms with Gasteiger partial charge in [-0.3, -0.25) is 0 Å². The fraction of sp³-hybridized carbons (Fsp3) is 0.111. The van der Waals surface area contributed by atoms with Crippen LogP contribution in [0.15, 0.2) is 33.5 Å². The second kappa shape index (κ2) is 4.63. The summed E-state index contributed by atoms with van der Waals surface area (Å²) in [6.45, 7) is 1.90. The fourth-order valence-corrected chi connectivity index (χ4v) is 5.06. The Morgan fingerprint density at radius 1 is 1.24 bits per heavy atom. The number of hydrogen-bond donors (Lipinski definition) is 1. The standard InChI is InChI=1S/C9H9N3O2S3/c1-6-2-4-7(5-3-6)17(13,14)16-9-12-11-8(10)15-9/h2-5H,1H3,(H2,10,11). The number of hydrogen-bond acceptors (Lipinski definition) is 7. The molecule has 0 aliphatic heterocycles. The lowest BCUT2D eigenvalue weighted by molar-refractivity contribution is 0.610. The molecule has 0 aliphatic carbocycles. The van der Waals surface area contributed by atoms with E-state index in [2.05, 4.69) is 10.2 Å². The molecular formula is C9H9N3O2S3. The third-order valence-corrected chi connectivity index (χ3v) is 6.28. The van der Waals surface area contributed by atoms with E-state index in [0.29, 0.717) is 15.1 Å². The number of aromatic nitrogens is 2. The summed E-state index contributed by atoms with van der Waals surface area (Å²) in [5.74, 6) is 0. The molecule has 1 heterocycles. The fourth-order valence-electron chi connectivity index (χ4n) is 1.10. The predicted octanol–water partition coefficient (Wildman–Crippen LogP) is 1.91. The van der Waals surface area contributed by atoms with Crippen LogP contribution in [0.4, 0.5) is 5.13 Å². The van der Waals surface area contributed by atoms with E-state index < -0.39 is 8.87 Å². The molecule has 1 aromatic carbocycles. The second-order valence-electron chi connectivity index (χ2n) is 3.26. The van der Waals surface area contributed by atoms with Gasteiger partial charge in [-0.25, -0.2) is 8.42 Å². The molecule has 0 radical (unpaired) electrons. The highest BCUT2D eigenvalue weighted by Gasteiger charge is 2.19. The number of benzene rings is 1. The van der Waals surface area contributed by atoms with Gasteiger partial charge in [0.25, 0.3) is 0 Å². The topological polar surface area (TPSA) is 85.9 Å². The first-order valence-electron chi connectivity index (χ1n) is 4.57. The Bertz CT molecular complexity index is 619. The first-order valence-corrected chi connectivity index (χ1v) is 8.21. The zero-order chi connectivity index (χ0) is 12.5. The average molecular weight is 287 g/mol. The van der Waals surface area contributed by atoms with E-state index in [1.807, 2.05) is 6.92 Å². The molecule has 0 amide bonds. The van der Waals surface area contributed by atoms with Crippen molar-refractivity contribution in [1.82, 2.24) is 10.2 Å². The first-order chi connectivity index (χ1) is 7.97. The van der Waals surface area contributed by atoms with Crippen LogP contribution in [-0.2, 0) is 8.87 Å². The number of aryl methyl sites for hydroxylation is 1. The van der Waals surface area contributed by atoms with Crippen molar-refractivity contribution in [3.8, 4) is 0 Å². The summed E-state index contributed by atoms with van der Waals surface area (Å²) in [5.41, 5.74) is 6.40. The van der Waals surface area contributed by atoms with Crippen molar-refractivity contribution in [2.75, 3.05) is 5.73 Å².